The Hall–Kier alpha value is -3.02. The maximum absolute atomic E-state index is 12.2. The number of carboxylic acid groups (broad SMARTS) is 1. The molecule has 2 aromatic rings. The van der Waals surface area contributed by atoms with Crippen molar-refractivity contribution >= 4 is 17.6 Å². The van der Waals surface area contributed by atoms with Gasteiger partial charge < -0.3 is 19.5 Å². The van der Waals surface area contributed by atoms with Gasteiger partial charge >= 0.3 is 11.9 Å². The quantitative estimate of drug-likeness (QED) is 0.491. The van der Waals surface area contributed by atoms with Gasteiger partial charge in [-0.15, -0.1) is 0 Å². The summed E-state index contributed by atoms with van der Waals surface area (Å²) in [5.74, 6) is -2.06. The molecule has 1 aromatic heterocycles. The summed E-state index contributed by atoms with van der Waals surface area (Å²) in [4.78, 5) is 24.1. The number of allylic oxidation sites excluding steroid dienone is 1. The molecular weight excluding hydrogens is 322 g/mol. The van der Waals surface area contributed by atoms with Crippen LogP contribution in [0, 0.1) is 6.92 Å². The maximum atomic E-state index is 12.2. The van der Waals surface area contributed by atoms with Crippen LogP contribution in [0.25, 0.3) is 16.8 Å². The molecule has 0 fully saturated rings. The van der Waals surface area contributed by atoms with Crippen molar-refractivity contribution in [1.82, 2.24) is 4.57 Å². The third-order valence-electron chi connectivity index (χ3n) is 4.06. The van der Waals surface area contributed by atoms with Gasteiger partial charge in [0.05, 0.1) is 12.7 Å². The van der Waals surface area contributed by atoms with Crippen molar-refractivity contribution in [3.8, 4) is 11.1 Å². The number of carbonyl (C=O) groups is 2. The Balaban J connectivity index is 2.95. The topological polar surface area (TPSA) is 88.8 Å². The highest BCUT2D eigenvalue weighted by molar-refractivity contribution is 6.12. The summed E-state index contributed by atoms with van der Waals surface area (Å²) in [6, 6.07) is 9.12. The Bertz CT molecular complexity index is 842. The van der Waals surface area contributed by atoms with E-state index in [1.54, 1.807) is 6.92 Å². The lowest BCUT2D eigenvalue weighted by molar-refractivity contribution is -0.134. The van der Waals surface area contributed by atoms with Gasteiger partial charge in [0.25, 0.3) is 0 Å². The summed E-state index contributed by atoms with van der Waals surface area (Å²) in [5.41, 5.74) is 2.27. The van der Waals surface area contributed by atoms with Crippen LogP contribution in [0.4, 0.5) is 0 Å². The van der Waals surface area contributed by atoms with Crippen LogP contribution in [0.15, 0.2) is 36.1 Å². The lowest BCUT2D eigenvalue weighted by Gasteiger charge is -2.14. The first-order chi connectivity index (χ1) is 11.8. The number of carboxylic acids is 1. The minimum Gasteiger partial charge on any atom is -0.510 e. The number of aromatic nitrogens is 1. The van der Waals surface area contributed by atoms with Crippen molar-refractivity contribution in [2.45, 2.75) is 27.2 Å². The predicted octanol–water partition coefficient (Wildman–Crippen LogP) is 3.64. The minimum absolute atomic E-state index is 0.0819. The number of aliphatic hydroxyl groups excluding tert-OH is 1. The molecule has 0 amide bonds. The molecule has 0 aliphatic heterocycles. The number of ether oxygens (including phenoxy) is 1. The Labute approximate surface area is 146 Å². The first kappa shape index (κ1) is 18.3. The minimum atomic E-state index is -1.09. The van der Waals surface area contributed by atoms with E-state index in [9.17, 15) is 19.8 Å². The van der Waals surface area contributed by atoms with Crippen LogP contribution < -0.4 is 0 Å². The molecule has 0 bridgehead atoms. The molecule has 2 rings (SSSR count). The van der Waals surface area contributed by atoms with Gasteiger partial charge in [-0.25, -0.2) is 9.59 Å². The molecule has 1 aromatic carbocycles. The largest absolute Gasteiger partial charge is 0.510 e. The Morgan fingerprint density at radius 2 is 1.76 bits per heavy atom. The zero-order valence-corrected chi connectivity index (χ0v) is 14.7. The van der Waals surface area contributed by atoms with E-state index >= 15 is 0 Å². The zero-order valence-electron chi connectivity index (χ0n) is 14.7. The number of aliphatic hydroxyl groups is 1. The van der Waals surface area contributed by atoms with Gasteiger partial charge in [-0.1, -0.05) is 37.3 Å². The zero-order chi connectivity index (χ0) is 18.7. The van der Waals surface area contributed by atoms with Crippen molar-refractivity contribution < 1.29 is 24.5 Å². The van der Waals surface area contributed by atoms with E-state index in [2.05, 4.69) is 0 Å². The van der Waals surface area contributed by atoms with E-state index in [0.29, 0.717) is 23.4 Å². The molecular formula is C19H21NO5. The predicted molar refractivity (Wildman–Crippen MR) is 94.5 cm³/mol. The summed E-state index contributed by atoms with van der Waals surface area (Å²) < 4.78 is 6.25. The molecule has 0 saturated heterocycles. The average Bonchev–Trinajstić information content (AvgIpc) is 2.88. The number of esters is 1. The lowest BCUT2D eigenvalue weighted by atomic mass is 9.99. The molecule has 6 nitrogen and oxygen atoms in total. The van der Waals surface area contributed by atoms with E-state index in [4.69, 9.17) is 4.74 Å². The molecule has 25 heavy (non-hydrogen) atoms. The number of aromatic carboxylic acids is 1. The molecule has 0 saturated carbocycles. The van der Waals surface area contributed by atoms with Crippen LogP contribution in [0.1, 0.15) is 35.6 Å². The van der Waals surface area contributed by atoms with Crippen LogP contribution in [0.5, 0.6) is 0 Å². The lowest BCUT2D eigenvalue weighted by Crippen LogP contribution is -2.16. The number of methoxy groups -OCH3 is 1. The van der Waals surface area contributed by atoms with E-state index < -0.39 is 11.9 Å². The highest BCUT2D eigenvalue weighted by atomic mass is 16.5. The van der Waals surface area contributed by atoms with Gasteiger partial charge in [-0.2, -0.15) is 0 Å². The summed E-state index contributed by atoms with van der Waals surface area (Å²) in [5, 5.41) is 19.8. The Kier molecular flexibility index (Phi) is 5.32. The highest BCUT2D eigenvalue weighted by Crippen LogP contribution is 2.36. The fourth-order valence-electron chi connectivity index (χ4n) is 3.06. The molecule has 132 valence electrons. The fourth-order valence-corrected chi connectivity index (χ4v) is 3.06. The van der Waals surface area contributed by atoms with Gasteiger partial charge in [0.1, 0.15) is 5.76 Å². The van der Waals surface area contributed by atoms with Crippen LogP contribution in [0.2, 0.25) is 0 Å². The van der Waals surface area contributed by atoms with Gasteiger partial charge in [-0.3, -0.25) is 0 Å². The fraction of sp³-hybridized carbons (Fsp3) is 0.263. The molecule has 0 atom stereocenters. The molecule has 1 heterocycles. The average molecular weight is 343 g/mol. The Morgan fingerprint density at radius 3 is 2.20 bits per heavy atom. The van der Waals surface area contributed by atoms with Crippen LogP contribution in [-0.2, 0) is 16.0 Å². The third kappa shape index (κ3) is 3.15. The van der Waals surface area contributed by atoms with Crippen molar-refractivity contribution in [3.05, 3.63) is 53.0 Å². The normalized spacial score (nSPS) is 11.8. The number of rotatable bonds is 5. The van der Waals surface area contributed by atoms with Gasteiger partial charge in [0.15, 0.2) is 5.70 Å². The molecule has 6 heteroatoms. The number of hydrogen-bond donors (Lipinski definition) is 2. The van der Waals surface area contributed by atoms with Gasteiger partial charge in [0, 0.05) is 17.0 Å². The van der Waals surface area contributed by atoms with Crippen molar-refractivity contribution in [2.24, 2.45) is 0 Å². The summed E-state index contributed by atoms with van der Waals surface area (Å²) in [6.07, 6.45) is 0.464. The van der Waals surface area contributed by atoms with Crippen molar-refractivity contribution in [1.29, 1.82) is 0 Å². The second-order valence-electron chi connectivity index (χ2n) is 5.57. The van der Waals surface area contributed by atoms with Crippen LogP contribution >= 0.6 is 0 Å². The van der Waals surface area contributed by atoms with Crippen molar-refractivity contribution in [2.75, 3.05) is 7.11 Å². The van der Waals surface area contributed by atoms with Gasteiger partial charge in [0.2, 0.25) is 0 Å². The van der Waals surface area contributed by atoms with E-state index in [1.807, 2.05) is 37.3 Å². The second-order valence-corrected chi connectivity index (χ2v) is 5.57. The van der Waals surface area contributed by atoms with Crippen molar-refractivity contribution in [3.63, 3.8) is 0 Å². The highest BCUT2D eigenvalue weighted by Gasteiger charge is 2.29. The summed E-state index contributed by atoms with van der Waals surface area (Å²) >= 11 is 0. The number of carbonyl (C=O) groups excluding carboxylic acids is 1. The number of benzene rings is 1. The van der Waals surface area contributed by atoms with E-state index in [0.717, 1.165) is 5.56 Å². The molecule has 0 aliphatic rings. The monoisotopic (exact) mass is 343 g/mol. The standard InChI is InChI=1S/C19H21NO5/c1-5-14-16(13-9-7-6-8-10-13)15(18(22)23)11(2)20(14)17(12(3)21)19(24)25-4/h6-10,21H,5H2,1-4H3,(H,22,23)/b17-12+. The molecule has 0 radical (unpaired) electrons. The molecule has 0 aliphatic carbocycles. The SMILES string of the molecule is CCc1c(-c2ccccc2)c(C(=O)O)c(C)n1/C(C(=O)OC)=C(\C)O. The summed E-state index contributed by atoms with van der Waals surface area (Å²) in [6.45, 7) is 4.85. The third-order valence-corrected chi connectivity index (χ3v) is 4.06. The second kappa shape index (κ2) is 7.25. The van der Waals surface area contributed by atoms with E-state index in [1.165, 1.54) is 18.6 Å². The molecule has 0 unspecified atom stereocenters. The molecule has 2 N–H and O–H groups in total. The molecule has 0 spiro atoms. The number of hydrogen-bond acceptors (Lipinski definition) is 4. The van der Waals surface area contributed by atoms with Crippen LogP contribution in [0.3, 0.4) is 0 Å². The first-order valence-electron chi connectivity index (χ1n) is 7.86. The summed E-state index contributed by atoms with van der Waals surface area (Å²) in [7, 11) is 1.21. The number of nitrogens with zero attached hydrogens (tertiary/aromatic N) is 1. The maximum Gasteiger partial charge on any atom is 0.358 e. The first-order valence-corrected chi connectivity index (χ1v) is 7.86. The van der Waals surface area contributed by atoms with E-state index in [-0.39, 0.29) is 17.0 Å². The van der Waals surface area contributed by atoms with Gasteiger partial charge in [-0.05, 0) is 25.8 Å². The Morgan fingerprint density at radius 1 is 1.16 bits per heavy atom. The van der Waals surface area contributed by atoms with Crippen LogP contribution in [-0.4, -0.2) is 33.8 Å². The smallest absolute Gasteiger partial charge is 0.358 e.